The van der Waals surface area contributed by atoms with Gasteiger partial charge in [-0.2, -0.15) is 11.3 Å². The molecule has 0 N–H and O–H groups in total. The van der Waals surface area contributed by atoms with E-state index < -0.39 is 0 Å². The highest BCUT2D eigenvalue weighted by Crippen LogP contribution is 2.26. The first-order valence-corrected chi connectivity index (χ1v) is 8.30. The van der Waals surface area contributed by atoms with E-state index in [1.165, 1.54) is 57.4 Å². The predicted octanol–water partition coefficient (Wildman–Crippen LogP) is 2.85. The van der Waals surface area contributed by atoms with Crippen LogP contribution in [0, 0.1) is 0 Å². The number of fused-ring (bicyclic) bond motifs is 1. The number of piperazine rings is 1. The van der Waals surface area contributed by atoms with Gasteiger partial charge in [-0.05, 0) is 54.6 Å². The third-order valence-corrected chi connectivity index (χ3v) is 5.38. The third-order valence-electron chi connectivity index (χ3n) is 4.65. The van der Waals surface area contributed by atoms with Crippen molar-refractivity contribution >= 4 is 11.3 Å². The summed E-state index contributed by atoms with van der Waals surface area (Å²) in [7, 11) is 0. The van der Waals surface area contributed by atoms with Crippen LogP contribution in [-0.4, -0.2) is 48.1 Å². The molecule has 2 nitrogen and oxygen atoms in total. The van der Waals surface area contributed by atoms with Crippen molar-refractivity contribution in [1.82, 2.24) is 9.80 Å². The second kappa shape index (κ2) is 5.72. The Hall–Kier alpha value is -0.380. The smallest absolute Gasteiger partial charge is 0.0224 e. The lowest BCUT2D eigenvalue weighted by atomic mass is 10.0. The van der Waals surface area contributed by atoms with Gasteiger partial charge < -0.3 is 0 Å². The minimum atomic E-state index is 0.790. The van der Waals surface area contributed by atoms with E-state index in [-0.39, 0.29) is 0 Å². The zero-order chi connectivity index (χ0) is 12.4. The van der Waals surface area contributed by atoms with Crippen molar-refractivity contribution in [2.24, 2.45) is 0 Å². The van der Waals surface area contributed by atoms with Crippen LogP contribution in [0.3, 0.4) is 0 Å². The second-order valence-corrected chi connectivity index (χ2v) is 6.51. The maximum Gasteiger partial charge on any atom is 0.0224 e. The Balaban J connectivity index is 1.59. The third kappa shape index (κ3) is 2.63. The molecule has 0 bridgehead atoms. The first-order valence-electron chi connectivity index (χ1n) is 7.36. The van der Waals surface area contributed by atoms with Crippen molar-refractivity contribution < 1.29 is 0 Å². The van der Waals surface area contributed by atoms with Gasteiger partial charge in [0.05, 0.1) is 0 Å². The van der Waals surface area contributed by atoms with Crippen molar-refractivity contribution in [1.29, 1.82) is 0 Å². The molecule has 3 heteroatoms. The van der Waals surface area contributed by atoms with E-state index in [4.69, 9.17) is 0 Å². The maximum atomic E-state index is 2.75. The molecule has 0 aliphatic carbocycles. The average molecular weight is 264 g/mol. The Morgan fingerprint density at radius 3 is 3.11 bits per heavy atom. The molecule has 2 aliphatic heterocycles. The quantitative estimate of drug-likeness (QED) is 0.825. The molecule has 100 valence electrons. The maximum absolute atomic E-state index is 2.75. The minimum Gasteiger partial charge on any atom is -0.298 e. The van der Waals surface area contributed by atoms with Gasteiger partial charge in [0.1, 0.15) is 0 Å². The van der Waals surface area contributed by atoms with E-state index in [1.807, 2.05) is 11.3 Å². The Bertz CT molecular complexity index is 363. The first kappa shape index (κ1) is 12.6. The van der Waals surface area contributed by atoms with Crippen molar-refractivity contribution in [2.75, 3.05) is 26.2 Å². The van der Waals surface area contributed by atoms with Crippen molar-refractivity contribution in [3.63, 3.8) is 0 Å². The van der Waals surface area contributed by atoms with Gasteiger partial charge in [0.2, 0.25) is 0 Å². The standard InChI is InChI=1S/C15H24N2S/c1-2-14-10-16-7-3-4-15(16)11-17(14)8-5-13-6-9-18-12-13/h6,9,12,14-15H,2-5,7-8,10-11H2,1H3. The molecule has 2 unspecified atom stereocenters. The van der Waals surface area contributed by atoms with Gasteiger partial charge in [-0.3, -0.25) is 9.80 Å². The molecule has 2 fully saturated rings. The predicted molar refractivity (Wildman–Crippen MR) is 78.3 cm³/mol. The normalized spacial score (nSPS) is 29.6. The van der Waals surface area contributed by atoms with E-state index in [2.05, 4.69) is 33.6 Å². The van der Waals surface area contributed by atoms with E-state index >= 15 is 0 Å². The number of hydrogen-bond acceptors (Lipinski definition) is 3. The molecule has 18 heavy (non-hydrogen) atoms. The SMILES string of the molecule is CCC1CN2CCCC2CN1CCc1ccsc1. The van der Waals surface area contributed by atoms with E-state index in [0.29, 0.717) is 0 Å². The summed E-state index contributed by atoms with van der Waals surface area (Å²) in [5.74, 6) is 0. The summed E-state index contributed by atoms with van der Waals surface area (Å²) >= 11 is 1.82. The lowest BCUT2D eigenvalue weighted by Gasteiger charge is -2.43. The van der Waals surface area contributed by atoms with E-state index in [0.717, 1.165) is 12.1 Å². The number of nitrogens with zero attached hydrogens (tertiary/aromatic N) is 2. The van der Waals surface area contributed by atoms with Gasteiger partial charge in [-0.1, -0.05) is 6.92 Å². The minimum absolute atomic E-state index is 0.790. The van der Waals surface area contributed by atoms with Crippen LogP contribution in [0.2, 0.25) is 0 Å². The van der Waals surface area contributed by atoms with Crippen LogP contribution in [0.5, 0.6) is 0 Å². The summed E-state index contributed by atoms with van der Waals surface area (Å²) in [5.41, 5.74) is 1.52. The van der Waals surface area contributed by atoms with Crippen LogP contribution in [0.1, 0.15) is 31.7 Å². The lowest BCUT2D eigenvalue weighted by Crippen LogP contribution is -2.56. The van der Waals surface area contributed by atoms with Crippen LogP contribution < -0.4 is 0 Å². The topological polar surface area (TPSA) is 6.48 Å². The average Bonchev–Trinajstić information content (AvgIpc) is 3.05. The van der Waals surface area contributed by atoms with Gasteiger partial charge in [0.15, 0.2) is 0 Å². The molecule has 3 rings (SSSR count). The van der Waals surface area contributed by atoms with Gasteiger partial charge in [0, 0.05) is 31.7 Å². The summed E-state index contributed by atoms with van der Waals surface area (Å²) in [5, 5.41) is 4.49. The second-order valence-electron chi connectivity index (χ2n) is 5.73. The molecule has 0 radical (unpaired) electrons. The molecule has 2 atom stereocenters. The van der Waals surface area contributed by atoms with Crippen LogP contribution in [0.4, 0.5) is 0 Å². The van der Waals surface area contributed by atoms with Gasteiger partial charge >= 0.3 is 0 Å². The molecule has 0 spiro atoms. The van der Waals surface area contributed by atoms with E-state index in [9.17, 15) is 0 Å². The van der Waals surface area contributed by atoms with Crippen molar-refractivity contribution in [3.05, 3.63) is 22.4 Å². The van der Waals surface area contributed by atoms with E-state index in [1.54, 1.807) is 0 Å². The number of thiophene rings is 1. The fourth-order valence-corrected chi connectivity index (χ4v) is 4.22. The Labute approximate surface area is 115 Å². The molecule has 3 heterocycles. The Morgan fingerprint density at radius 2 is 2.33 bits per heavy atom. The largest absolute Gasteiger partial charge is 0.298 e. The van der Waals surface area contributed by atoms with Crippen LogP contribution >= 0.6 is 11.3 Å². The van der Waals surface area contributed by atoms with Crippen molar-refractivity contribution in [2.45, 2.75) is 44.7 Å². The molecule has 1 aromatic rings. The highest BCUT2D eigenvalue weighted by molar-refractivity contribution is 7.07. The molecule has 1 aromatic heterocycles. The molecule has 0 saturated carbocycles. The van der Waals surface area contributed by atoms with Gasteiger partial charge in [-0.25, -0.2) is 0 Å². The highest BCUT2D eigenvalue weighted by atomic mass is 32.1. The summed E-state index contributed by atoms with van der Waals surface area (Å²) in [4.78, 5) is 5.49. The van der Waals surface area contributed by atoms with Crippen molar-refractivity contribution in [3.8, 4) is 0 Å². The summed E-state index contributed by atoms with van der Waals surface area (Å²) in [6, 6.07) is 3.92. The molecule has 0 amide bonds. The molecular formula is C15H24N2S. The summed E-state index contributed by atoms with van der Waals surface area (Å²) < 4.78 is 0. The molecule has 2 saturated heterocycles. The zero-order valence-electron chi connectivity index (χ0n) is 11.3. The number of hydrogen-bond donors (Lipinski definition) is 0. The Morgan fingerprint density at radius 1 is 1.39 bits per heavy atom. The van der Waals surface area contributed by atoms with Gasteiger partial charge in [0.25, 0.3) is 0 Å². The van der Waals surface area contributed by atoms with Gasteiger partial charge in [-0.15, -0.1) is 0 Å². The Kier molecular flexibility index (Phi) is 4.02. The summed E-state index contributed by atoms with van der Waals surface area (Å²) in [6.07, 6.45) is 5.37. The lowest BCUT2D eigenvalue weighted by molar-refractivity contribution is 0.0501. The highest BCUT2D eigenvalue weighted by Gasteiger charge is 2.34. The van der Waals surface area contributed by atoms with Crippen LogP contribution in [0.25, 0.3) is 0 Å². The zero-order valence-corrected chi connectivity index (χ0v) is 12.2. The fourth-order valence-electron chi connectivity index (χ4n) is 3.52. The number of rotatable bonds is 4. The summed E-state index contributed by atoms with van der Waals surface area (Å²) in [6.45, 7) is 7.56. The molecular weight excluding hydrogens is 240 g/mol. The molecule has 2 aliphatic rings. The van der Waals surface area contributed by atoms with Crippen LogP contribution in [0.15, 0.2) is 16.8 Å². The monoisotopic (exact) mass is 264 g/mol. The first-order chi connectivity index (χ1) is 8.86. The fraction of sp³-hybridized carbons (Fsp3) is 0.733. The van der Waals surface area contributed by atoms with Crippen LogP contribution in [-0.2, 0) is 6.42 Å². The molecule has 0 aromatic carbocycles.